The molecule has 0 aromatic carbocycles. The van der Waals surface area contributed by atoms with Gasteiger partial charge in [-0.05, 0) is 19.4 Å². The molecule has 1 aliphatic rings. The predicted octanol–water partition coefficient (Wildman–Crippen LogP) is 0.685. The molecule has 2 rings (SSSR count). The Morgan fingerprint density at radius 3 is 2.78 bits per heavy atom. The fraction of sp³-hybridized carbons (Fsp3) is 0.750. The topological polar surface area (TPSA) is 62.5 Å². The monoisotopic (exact) mass is 252 g/mol. The molecule has 100 valence electrons. The van der Waals surface area contributed by atoms with Gasteiger partial charge in [0.05, 0.1) is 12.6 Å². The Kier molecular flexibility index (Phi) is 3.96. The van der Waals surface area contributed by atoms with E-state index in [9.17, 15) is 4.79 Å². The lowest BCUT2D eigenvalue weighted by molar-refractivity contribution is -0.133. The Hall–Kier alpha value is -1.43. The maximum Gasteiger partial charge on any atom is 0.239 e. The summed E-state index contributed by atoms with van der Waals surface area (Å²) in [6, 6.07) is -0.0445. The van der Waals surface area contributed by atoms with E-state index < -0.39 is 0 Å². The number of rotatable bonds is 4. The van der Waals surface area contributed by atoms with Crippen molar-refractivity contribution in [3.8, 4) is 0 Å². The number of aryl methyl sites for hydroxylation is 1. The lowest BCUT2D eigenvalue weighted by atomic mass is 10.2. The van der Waals surface area contributed by atoms with Crippen LogP contribution in [0.3, 0.4) is 0 Å². The summed E-state index contributed by atoms with van der Waals surface area (Å²) in [5.41, 5.74) is 0. The van der Waals surface area contributed by atoms with Crippen molar-refractivity contribution in [1.29, 1.82) is 0 Å². The third-order valence-corrected chi connectivity index (χ3v) is 3.24. The van der Waals surface area contributed by atoms with Gasteiger partial charge in [0.1, 0.15) is 0 Å². The van der Waals surface area contributed by atoms with Crippen LogP contribution in [0.25, 0.3) is 0 Å². The molecule has 0 bridgehead atoms. The molecule has 1 aromatic heterocycles. The number of likely N-dealkylation sites (N-methyl/N-ethyl adjacent to an activating group) is 1. The molecule has 6 heteroatoms. The number of nitrogens with zero attached hydrogens (tertiary/aromatic N) is 4. The van der Waals surface area contributed by atoms with Crippen LogP contribution >= 0.6 is 0 Å². The van der Waals surface area contributed by atoms with Crippen LogP contribution in [-0.2, 0) is 17.8 Å². The molecule has 0 spiro atoms. The summed E-state index contributed by atoms with van der Waals surface area (Å²) in [6.07, 6.45) is 2.69. The first-order chi connectivity index (χ1) is 8.61. The number of likely N-dealkylation sites (tertiary alicyclic amines) is 1. The maximum absolute atomic E-state index is 12.0. The maximum atomic E-state index is 12.0. The van der Waals surface area contributed by atoms with E-state index in [1.807, 2.05) is 6.92 Å². The zero-order valence-corrected chi connectivity index (χ0v) is 11.2. The highest BCUT2D eigenvalue weighted by Crippen LogP contribution is 2.21. The molecule has 1 aromatic rings. The summed E-state index contributed by atoms with van der Waals surface area (Å²) in [5, 5.41) is 7.95. The molecular weight excluding hydrogens is 232 g/mol. The summed E-state index contributed by atoms with van der Waals surface area (Å²) in [7, 11) is 3.58. The normalized spacial score (nSPS) is 20.3. The second-order valence-electron chi connectivity index (χ2n) is 4.80. The van der Waals surface area contributed by atoms with Crippen LogP contribution in [0.15, 0.2) is 4.42 Å². The SMILES string of the molecule is CCc1nnc(CN2CCCC2C(=O)N(C)C)o1. The van der Waals surface area contributed by atoms with Gasteiger partial charge in [0, 0.05) is 20.5 Å². The molecule has 0 radical (unpaired) electrons. The van der Waals surface area contributed by atoms with Gasteiger partial charge in [-0.3, -0.25) is 9.69 Å². The van der Waals surface area contributed by atoms with Crippen LogP contribution in [0, 0.1) is 0 Å². The van der Waals surface area contributed by atoms with E-state index in [4.69, 9.17) is 4.42 Å². The van der Waals surface area contributed by atoms with Crippen molar-refractivity contribution in [3.05, 3.63) is 11.8 Å². The lowest BCUT2D eigenvalue weighted by Crippen LogP contribution is -2.42. The van der Waals surface area contributed by atoms with Crippen LogP contribution in [0.2, 0.25) is 0 Å². The number of carbonyl (C=O) groups excluding carboxylic acids is 1. The summed E-state index contributed by atoms with van der Waals surface area (Å²) in [6.45, 7) is 3.46. The minimum Gasteiger partial charge on any atom is -0.424 e. The van der Waals surface area contributed by atoms with Gasteiger partial charge in [0.15, 0.2) is 0 Å². The highest BCUT2D eigenvalue weighted by molar-refractivity contribution is 5.81. The van der Waals surface area contributed by atoms with Gasteiger partial charge < -0.3 is 9.32 Å². The number of hydrogen-bond donors (Lipinski definition) is 0. The third kappa shape index (κ3) is 2.69. The smallest absolute Gasteiger partial charge is 0.239 e. The molecule has 1 unspecified atom stereocenters. The quantitative estimate of drug-likeness (QED) is 0.788. The minimum atomic E-state index is -0.0445. The van der Waals surface area contributed by atoms with Gasteiger partial charge in [0.2, 0.25) is 17.7 Å². The summed E-state index contributed by atoms with van der Waals surface area (Å²) in [5.74, 6) is 1.41. The number of aromatic nitrogens is 2. The predicted molar refractivity (Wildman–Crippen MR) is 65.8 cm³/mol. The van der Waals surface area contributed by atoms with E-state index in [1.165, 1.54) is 0 Å². The van der Waals surface area contributed by atoms with Gasteiger partial charge in [-0.25, -0.2) is 0 Å². The van der Waals surface area contributed by atoms with Crippen LogP contribution < -0.4 is 0 Å². The second-order valence-corrected chi connectivity index (χ2v) is 4.80. The van der Waals surface area contributed by atoms with Crippen LogP contribution in [-0.4, -0.2) is 52.6 Å². The first-order valence-corrected chi connectivity index (χ1v) is 6.38. The highest BCUT2D eigenvalue weighted by Gasteiger charge is 2.32. The van der Waals surface area contributed by atoms with Gasteiger partial charge in [-0.15, -0.1) is 10.2 Å². The summed E-state index contributed by atoms with van der Waals surface area (Å²) >= 11 is 0. The molecule has 1 fully saturated rings. The van der Waals surface area contributed by atoms with Crippen molar-refractivity contribution in [2.24, 2.45) is 0 Å². The molecule has 6 nitrogen and oxygen atoms in total. The Bertz CT molecular complexity index is 416. The fourth-order valence-corrected chi connectivity index (χ4v) is 2.26. The van der Waals surface area contributed by atoms with Gasteiger partial charge >= 0.3 is 0 Å². The van der Waals surface area contributed by atoms with Crippen molar-refractivity contribution >= 4 is 5.91 Å². The largest absolute Gasteiger partial charge is 0.424 e. The number of amides is 1. The zero-order valence-electron chi connectivity index (χ0n) is 11.2. The van der Waals surface area contributed by atoms with Crippen molar-refractivity contribution < 1.29 is 9.21 Å². The van der Waals surface area contributed by atoms with E-state index in [0.717, 1.165) is 25.8 Å². The molecule has 0 saturated carbocycles. The molecule has 2 heterocycles. The van der Waals surface area contributed by atoms with E-state index in [2.05, 4.69) is 15.1 Å². The second kappa shape index (κ2) is 5.48. The minimum absolute atomic E-state index is 0.0445. The molecule has 18 heavy (non-hydrogen) atoms. The average Bonchev–Trinajstić information content (AvgIpc) is 2.97. The number of hydrogen-bond acceptors (Lipinski definition) is 5. The van der Waals surface area contributed by atoms with E-state index >= 15 is 0 Å². The molecule has 1 amide bonds. The van der Waals surface area contributed by atoms with Crippen LogP contribution in [0.1, 0.15) is 31.5 Å². The highest BCUT2D eigenvalue weighted by atomic mass is 16.4. The summed E-state index contributed by atoms with van der Waals surface area (Å²) < 4.78 is 5.49. The van der Waals surface area contributed by atoms with Gasteiger partial charge in [0.25, 0.3) is 0 Å². The van der Waals surface area contributed by atoms with E-state index in [0.29, 0.717) is 18.3 Å². The van der Waals surface area contributed by atoms with E-state index in [1.54, 1.807) is 19.0 Å². The molecule has 1 aliphatic heterocycles. The first kappa shape index (κ1) is 13.0. The Morgan fingerprint density at radius 2 is 2.17 bits per heavy atom. The van der Waals surface area contributed by atoms with Crippen molar-refractivity contribution in [2.75, 3.05) is 20.6 Å². The Morgan fingerprint density at radius 1 is 1.44 bits per heavy atom. The van der Waals surface area contributed by atoms with Crippen molar-refractivity contribution in [2.45, 2.75) is 38.8 Å². The molecule has 0 N–H and O–H groups in total. The number of carbonyl (C=O) groups is 1. The van der Waals surface area contributed by atoms with Crippen molar-refractivity contribution in [1.82, 2.24) is 20.0 Å². The molecule has 1 saturated heterocycles. The first-order valence-electron chi connectivity index (χ1n) is 6.38. The van der Waals surface area contributed by atoms with Crippen molar-refractivity contribution in [3.63, 3.8) is 0 Å². The standard InChI is InChI=1S/C12H20N4O2/c1-4-10-13-14-11(18-10)8-16-7-5-6-9(16)12(17)15(2)3/h9H,4-8H2,1-3H3. The molecule has 1 atom stereocenters. The summed E-state index contributed by atoms with van der Waals surface area (Å²) in [4.78, 5) is 15.8. The lowest BCUT2D eigenvalue weighted by Gasteiger charge is -2.24. The third-order valence-electron chi connectivity index (χ3n) is 3.24. The van der Waals surface area contributed by atoms with Gasteiger partial charge in [-0.1, -0.05) is 6.92 Å². The van der Waals surface area contributed by atoms with Gasteiger partial charge in [-0.2, -0.15) is 0 Å². The molecular formula is C12H20N4O2. The molecule has 0 aliphatic carbocycles. The Labute approximate surface area is 107 Å². The average molecular weight is 252 g/mol. The zero-order chi connectivity index (χ0) is 13.1. The fourth-order valence-electron chi connectivity index (χ4n) is 2.26. The van der Waals surface area contributed by atoms with Crippen LogP contribution in [0.5, 0.6) is 0 Å². The Balaban J connectivity index is 2.01. The van der Waals surface area contributed by atoms with E-state index in [-0.39, 0.29) is 11.9 Å². The van der Waals surface area contributed by atoms with Crippen LogP contribution in [0.4, 0.5) is 0 Å².